The SMILES string of the molecule is CCOC(=O)COc1c(Cl)cc(/C=C2\SC(=O)N(CC(=O)Nc3ccc(C)cc3)C2=O)cc1OC. The van der Waals surface area contributed by atoms with Crippen molar-refractivity contribution >= 4 is 58.1 Å². The molecule has 3 amide bonds. The molecule has 2 aromatic rings. The molecular formula is C24H23ClN2O7S. The molecule has 1 aliphatic rings. The Bertz CT molecular complexity index is 1180. The lowest BCUT2D eigenvalue weighted by Gasteiger charge is -2.13. The van der Waals surface area contributed by atoms with Crippen LogP contribution in [0.2, 0.25) is 5.02 Å². The first kappa shape index (κ1) is 26.1. The van der Waals surface area contributed by atoms with E-state index in [9.17, 15) is 19.2 Å². The molecule has 0 bridgehead atoms. The van der Waals surface area contributed by atoms with Crippen LogP contribution in [0.25, 0.3) is 6.08 Å². The number of methoxy groups -OCH3 is 1. The number of aryl methyl sites for hydroxylation is 1. The molecule has 0 radical (unpaired) electrons. The number of ether oxygens (including phenoxy) is 3. The van der Waals surface area contributed by atoms with E-state index in [0.717, 1.165) is 10.5 Å². The largest absolute Gasteiger partial charge is 0.493 e. The zero-order valence-corrected chi connectivity index (χ0v) is 20.8. The molecule has 11 heteroatoms. The van der Waals surface area contributed by atoms with E-state index < -0.39 is 29.6 Å². The van der Waals surface area contributed by atoms with E-state index in [2.05, 4.69) is 5.32 Å². The molecule has 0 spiro atoms. The molecule has 3 rings (SSSR count). The van der Waals surface area contributed by atoms with Crippen LogP contribution < -0.4 is 14.8 Å². The van der Waals surface area contributed by atoms with Crippen LogP contribution in [0.15, 0.2) is 41.3 Å². The Hall–Kier alpha value is -3.50. The van der Waals surface area contributed by atoms with E-state index in [4.69, 9.17) is 25.8 Å². The number of amides is 3. The van der Waals surface area contributed by atoms with Gasteiger partial charge in [-0.05, 0) is 61.5 Å². The van der Waals surface area contributed by atoms with Crippen molar-refractivity contribution in [1.82, 2.24) is 4.90 Å². The summed E-state index contributed by atoms with van der Waals surface area (Å²) in [4.78, 5) is 50.1. The van der Waals surface area contributed by atoms with Gasteiger partial charge < -0.3 is 19.5 Å². The molecule has 0 aliphatic carbocycles. The minimum Gasteiger partial charge on any atom is -0.493 e. The van der Waals surface area contributed by atoms with Crippen molar-refractivity contribution in [3.8, 4) is 11.5 Å². The summed E-state index contributed by atoms with van der Waals surface area (Å²) in [6, 6.07) is 10.2. The monoisotopic (exact) mass is 518 g/mol. The fraction of sp³-hybridized carbons (Fsp3) is 0.250. The Morgan fingerprint density at radius 3 is 2.54 bits per heavy atom. The second kappa shape index (κ2) is 11.8. The lowest BCUT2D eigenvalue weighted by molar-refractivity contribution is -0.145. The van der Waals surface area contributed by atoms with Crippen LogP contribution in [0.5, 0.6) is 11.5 Å². The lowest BCUT2D eigenvalue weighted by atomic mass is 10.1. The van der Waals surface area contributed by atoms with Gasteiger partial charge in [0.2, 0.25) is 5.91 Å². The summed E-state index contributed by atoms with van der Waals surface area (Å²) in [7, 11) is 1.40. The van der Waals surface area contributed by atoms with E-state index >= 15 is 0 Å². The number of rotatable bonds is 9. The van der Waals surface area contributed by atoms with Gasteiger partial charge in [-0.1, -0.05) is 29.3 Å². The Morgan fingerprint density at radius 2 is 1.89 bits per heavy atom. The number of anilines is 1. The van der Waals surface area contributed by atoms with Gasteiger partial charge in [0.25, 0.3) is 11.1 Å². The number of thioether (sulfide) groups is 1. The highest BCUT2D eigenvalue weighted by Crippen LogP contribution is 2.39. The van der Waals surface area contributed by atoms with Crippen molar-refractivity contribution < 1.29 is 33.4 Å². The van der Waals surface area contributed by atoms with Crippen LogP contribution >= 0.6 is 23.4 Å². The molecule has 1 aliphatic heterocycles. The van der Waals surface area contributed by atoms with E-state index in [0.29, 0.717) is 23.0 Å². The first-order valence-corrected chi connectivity index (χ1v) is 11.7. The summed E-state index contributed by atoms with van der Waals surface area (Å²) in [6.45, 7) is 3.05. The van der Waals surface area contributed by atoms with Crippen LogP contribution in [-0.2, 0) is 19.1 Å². The third-order valence-electron chi connectivity index (χ3n) is 4.70. The maximum absolute atomic E-state index is 12.8. The van der Waals surface area contributed by atoms with Gasteiger partial charge in [-0.2, -0.15) is 0 Å². The quantitative estimate of drug-likeness (QED) is 0.387. The maximum atomic E-state index is 12.8. The van der Waals surface area contributed by atoms with Crippen LogP contribution in [0.4, 0.5) is 10.5 Å². The molecule has 35 heavy (non-hydrogen) atoms. The highest BCUT2D eigenvalue weighted by atomic mass is 35.5. The predicted octanol–water partition coefficient (Wildman–Crippen LogP) is 4.27. The fourth-order valence-electron chi connectivity index (χ4n) is 3.07. The van der Waals surface area contributed by atoms with Crippen LogP contribution in [0.1, 0.15) is 18.1 Å². The first-order valence-electron chi connectivity index (χ1n) is 10.5. The summed E-state index contributed by atoms with van der Waals surface area (Å²) in [5.74, 6) is -1.29. The average molecular weight is 519 g/mol. The van der Waals surface area contributed by atoms with Gasteiger partial charge in [-0.3, -0.25) is 19.3 Å². The molecule has 1 fully saturated rings. The fourth-order valence-corrected chi connectivity index (χ4v) is 4.18. The number of halogens is 1. The predicted molar refractivity (Wildman–Crippen MR) is 133 cm³/mol. The molecule has 0 aromatic heterocycles. The minimum atomic E-state index is -0.600. The Balaban J connectivity index is 1.72. The molecule has 2 aromatic carbocycles. The summed E-state index contributed by atoms with van der Waals surface area (Å²) in [5.41, 5.74) is 2.06. The second-order valence-corrected chi connectivity index (χ2v) is 8.71. The number of imide groups is 1. The summed E-state index contributed by atoms with van der Waals surface area (Å²) < 4.78 is 15.5. The summed E-state index contributed by atoms with van der Waals surface area (Å²) in [6.07, 6.45) is 1.46. The molecular weight excluding hydrogens is 496 g/mol. The summed E-state index contributed by atoms with van der Waals surface area (Å²) >= 11 is 7.01. The Labute approximate surface area is 211 Å². The Morgan fingerprint density at radius 1 is 1.17 bits per heavy atom. The number of carbonyl (C=O) groups is 4. The first-order chi connectivity index (χ1) is 16.7. The summed E-state index contributed by atoms with van der Waals surface area (Å²) in [5, 5.41) is 2.24. The van der Waals surface area contributed by atoms with Gasteiger partial charge in [0, 0.05) is 5.69 Å². The number of hydrogen-bond donors (Lipinski definition) is 1. The lowest BCUT2D eigenvalue weighted by Crippen LogP contribution is -2.36. The number of esters is 1. The molecule has 184 valence electrons. The third kappa shape index (κ3) is 6.77. The number of carbonyl (C=O) groups excluding carboxylic acids is 4. The van der Waals surface area contributed by atoms with Gasteiger partial charge >= 0.3 is 5.97 Å². The molecule has 0 saturated carbocycles. The maximum Gasteiger partial charge on any atom is 0.344 e. The highest BCUT2D eigenvalue weighted by molar-refractivity contribution is 8.18. The number of nitrogens with one attached hydrogen (secondary N) is 1. The van der Waals surface area contributed by atoms with E-state index in [-0.39, 0.29) is 34.6 Å². The van der Waals surface area contributed by atoms with Crippen LogP contribution in [-0.4, -0.2) is 54.8 Å². The minimum absolute atomic E-state index is 0.122. The zero-order valence-electron chi connectivity index (χ0n) is 19.3. The number of nitrogens with zero attached hydrogens (tertiary/aromatic N) is 1. The van der Waals surface area contributed by atoms with Crippen molar-refractivity contribution in [3.05, 3.63) is 57.5 Å². The van der Waals surface area contributed by atoms with Crippen molar-refractivity contribution in [2.75, 3.05) is 32.2 Å². The number of benzene rings is 2. The highest BCUT2D eigenvalue weighted by Gasteiger charge is 2.36. The standard InChI is InChI=1S/C24H23ClN2O7S/c1-4-33-21(29)13-34-22-17(25)9-15(10-18(22)32-3)11-19-23(30)27(24(31)35-19)12-20(28)26-16-7-5-14(2)6-8-16/h5-11H,4,12-13H2,1-3H3,(H,26,28)/b19-11-. The smallest absolute Gasteiger partial charge is 0.344 e. The van der Waals surface area contributed by atoms with Crippen molar-refractivity contribution in [2.24, 2.45) is 0 Å². The molecule has 1 saturated heterocycles. The Kier molecular flexibility index (Phi) is 8.78. The van der Waals surface area contributed by atoms with Gasteiger partial charge in [0.05, 0.1) is 23.6 Å². The average Bonchev–Trinajstić information content (AvgIpc) is 3.07. The van der Waals surface area contributed by atoms with Crippen molar-refractivity contribution in [2.45, 2.75) is 13.8 Å². The molecule has 0 unspecified atom stereocenters. The molecule has 9 nitrogen and oxygen atoms in total. The molecule has 1 heterocycles. The zero-order chi connectivity index (χ0) is 25.5. The van der Waals surface area contributed by atoms with Crippen molar-refractivity contribution in [3.63, 3.8) is 0 Å². The van der Waals surface area contributed by atoms with Crippen LogP contribution in [0, 0.1) is 6.92 Å². The number of hydrogen-bond acceptors (Lipinski definition) is 8. The van der Waals surface area contributed by atoms with E-state index in [1.165, 1.54) is 19.3 Å². The second-order valence-electron chi connectivity index (χ2n) is 7.31. The van der Waals surface area contributed by atoms with Gasteiger partial charge in [-0.25, -0.2) is 4.79 Å². The third-order valence-corrected chi connectivity index (χ3v) is 5.89. The van der Waals surface area contributed by atoms with Gasteiger partial charge in [-0.15, -0.1) is 0 Å². The topological polar surface area (TPSA) is 111 Å². The van der Waals surface area contributed by atoms with E-state index in [1.54, 1.807) is 25.1 Å². The van der Waals surface area contributed by atoms with E-state index in [1.807, 2.05) is 19.1 Å². The normalized spacial score (nSPS) is 14.3. The van der Waals surface area contributed by atoms with Gasteiger partial charge in [0.15, 0.2) is 18.1 Å². The molecule has 1 N–H and O–H groups in total. The molecule has 0 atom stereocenters. The van der Waals surface area contributed by atoms with Crippen LogP contribution in [0.3, 0.4) is 0 Å². The van der Waals surface area contributed by atoms with Crippen molar-refractivity contribution in [1.29, 1.82) is 0 Å². The van der Waals surface area contributed by atoms with Gasteiger partial charge in [0.1, 0.15) is 6.54 Å².